The lowest BCUT2D eigenvalue weighted by Gasteiger charge is -2.37. The first-order valence-corrected chi connectivity index (χ1v) is 6.26. The summed E-state index contributed by atoms with van der Waals surface area (Å²) in [6.45, 7) is 2.90. The lowest BCUT2D eigenvalue weighted by atomic mass is 9.90. The molecule has 2 unspecified atom stereocenters. The predicted molar refractivity (Wildman–Crippen MR) is 62.5 cm³/mol. The van der Waals surface area contributed by atoms with Crippen molar-refractivity contribution in [3.63, 3.8) is 0 Å². The normalized spacial score (nSPS) is 33.4. The third-order valence-corrected chi connectivity index (χ3v) is 3.80. The van der Waals surface area contributed by atoms with Crippen molar-refractivity contribution in [2.75, 3.05) is 19.8 Å². The largest absolute Gasteiger partial charge is 0.378 e. The molecule has 3 heterocycles. The standard InChI is InChI=1S/C12H19N3O2/c13-6-10-7-14-15(8-10)11-1-3-17-12(5-11)2-4-16-9-12/h7-8,11H,1-6,9,13H2. The van der Waals surface area contributed by atoms with Crippen molar-refractivity contribution in [2.45, 2.75) is 37.5 Å². The van der Waals surface area contributed by atoms with Crippen LogP contribution in [0.1, 0.15) is 30.9 Å². The van der Waals surface area contributed by atoms with Gasteiger partial charge in [-0.3, -0.25) is 4.68 Å². The van der Waals surface area contributed by atoms with Crippen LogP contribution < -0.4 is 5.73 Å². The molecule has 2 atom stereocenters. The molecule has 1 aromatic rings. The highest BCUT2D eigenvalue weighted by molar-refractivity contribution is 5.04. The van der Waals surface area contributed by atoms with Crippen molar-refractivity contribution in [1.29, 1.82) is 0 Å². The fourth-order valence-electron chi connectivity index (χ4n) is 2.77. The molecule has 3 rings (SSSR count). The maximum atomic E-state index is 5.92. The first-order valence-electron chi connectivity index (χ1n) is 6.26. The summed E-state index contributed by atoms with van der Waals surface area (Å²) in [5.41, 5.74) is 6.64. The molecule has 0 aliphatic carbocycles. The van der Waals surface area contributed by atoms with Crippen molar-refractivity contribution in [1.82, 2.24) is 9.78 Å². The molecule has 5 heteroatoms. The Morgan fingerprint density at radius 3 is 3.18 bits per heavy atom. The highest BCUT2D eigenvalue weighted by Crippen LogP contribution is 2.37. The van der Waals surface area contributed by atoms with Gasteiger partial charge in [0.25, 0.3) is 0 Å². The van der Waals surface area contributed by atoms with Crippen molar-refractivity contribution in [3.05, 3.63) is 18.0 Å². The molecule has 0 radical (unpaired) electrons. The van der Waals surface area contributed by atoms with Crippen molar-refractivity contribution in [3.8, 4) is 0 Å². The van der Waals surface area contributed by atoms with Crippen molar-refractivity contribution >= 4 is 0 Å². The second-order valence-electron chi connectivity index (χ2n) is 5.01. The minimum atomic E-state index is -0.0578. The Balaban J connectivity index is 1.74. The van der Waals surface area contributed by atoms with E-state index in [2.05, 4.69) is 11.3 Å². The van der Waals surface area contributed by atoms with E-state index in [1.807, 2.05) is 10.9 Å². The molecular weight excluding hydrogens is 218 g/mol. The minimum absolute atomic E-state index is 0.0578. The molecular formula is C12H19N3O2. The van der Waals surface area contributed by atoms with E-state index in [9.17, 15) is 0 Å². The van der Waals surface area contributed by atoms with Crippen LogP contribution in [0, 0.1) is 0 Å². The predicted octanol–water partition coefficient (Wildman–Crippen LogP) is 0.852. The molecule has 2 aliphatic heterocycles. The minimum Gasteiger partial charge on any atom is -0.378 e. The summed E-state index contributed by atoms with van der Waals surface area (Å²) in [5.74, 6) is 0. The topological polar surface area (TPSA) is 62.3 Å². The van der Waals surface area contributed by atoms with E-state index in [0.717, 1.165) is 44.6 Å². The lowest BCUT2D eigenvalue weighted by Crippen LogP contribution is -2.41. The molecule has 1 aromatic heterocycles. The van der Waals surface area contributed by atoms with Gasteiger partial charge in [-0.2, -0.15) is 5.10 Å². The van der Waals surface area contributed by atoms with Crippen LogP contribution in [-0.4, -0.2) is 35.2 Å². The molecule has 17 heavy (non-hydrogen) atoms. The number of hydrogen-bond acceptors (Lipinski definition) is 4. The van der Waals surface area contributed by atoms with Gasteiger partial charge in [-0.05, 0) is 6.42 Å². The Bertz CT molecular complexity index is 385. The highest BCUT2D eigenvalue weighted by atomic mass is 16.6. The molecule has 0 bridgehead atoms. The number of rotatable bonds is 2. The van der Waals surface area contributed by atoms with E-state index < -0.39 is 0 Å². The SMILES string of the molecule is NCc1cnn(C2CCOC3(CCOC3)C2)c1. The van der Waals surface area contributed by atoms with Gasteiger partial charge in [-0.15, -0.1) is 0 Å². The van der Waals surface area contributed by atoms with E-state index in [0.29, 0.717) is 12.6 Å². The average Bonchev–Trinajstić information content (AvgIpc) is 2.99. The molecule has 0 amide bonds. The summed E-state index contributed by atoms with van der Waals surface area (Å²) in [6, 6.07) is 0.422. The summed E-state index contributed by atoms with van der Waals surface area (Å²) in [4.78, 5) is 0. The van der Waals surface area contributed by atoms with E-state index in [1.165, 1.54) is 0 Å². The van der Waals surface area contributed by atoms with E-state index in [-0.39, 0.29) is 5.60 Å². The molecule has 0 aromatic carbocycles. The number of nitrogens with zero attached hydrogens (tertiary/aromatic N) is 2. The van der Waals surface area contributed by atoms with Crippen LogP contribution in [0.15, 0.2) is 12.4 Å². The molecule has 2 fully saturated rings. The molecule has 2 aliphatic rings. The summed E-state index contributed by atoms with van der Waals surface area (Å²) < 4.78 is 13.4. The van der Waals surface area contributed by atoms with Crippen molar-refractivity contribution in [2.24, 2.45) is 5.73 Å². The van der Waals surface area contributed by atoms with E-state index in [4.69, 9.17) is 15.2 Å². The van der Waals surface area contributed by atoms with Gasteiger partial charge in [0.1, 0.15) is 0 Å². The number of hydrogen-bond donors (Lipinski definition) is 1. The molecule has 1 spiro atoms. The summed E-state index contributed by atoms with van der Waals surface area (Å²) in [7, 11) is 0. The zero-order valence-electron chi connectivity index (χ0n) is 9.97. The Morgan fingerprint density at radius 1 is 1.53 bits per heavy atom. The smallest absolute Gasteiger partial charge is 0.0957 e. The molecule has 2 N–H and O–H groups in total. The van der Waals surface area contributed by atoms with Crippen LogP contribution in [0.5, 0.6) is 0 Å². The Morgan fingerprint density at radius 2 is 2.47 bits per heavy atom. The maximum absolute atomic E-state index is 5.92. The average molecular weight is 237 g/mol. The Kier molecular flexibility index (Phi) is 2.90. The van der Waals surface area contributed by atoms with Gasteiger partial charge in [0.15, 0.2) is 0 Å². The molecule has 94 valence electrons. The Hall–Kier alpha value is -0.910. The van der Waals surface area contributed by atoms with Crippen LogP contribution in [0.2, 0.25) is 0 Å². The molecule has 5 nitrogen and oxygen atoms in total. The molecule has 2 saturated heterocycles. The Labute approximate surface area is 101 Å². The van der Waals surface area contributed by atoms with Gasteiger partial charge in [0.05, 0.1) is 24.4 Å². The van der Waals surface area contributed by atoms with E-state index in [1.54, 1.807) is 0 Å². The fraction of sp³-hybridized carbons (Fsp3) is 0.750. The summed E-state index contributed by atoms with van der Waals surface area (Å²) in [5, 5.41) is 4.41. The third kappa shape index (κ3) is 2.10. The van der Waals surface area contributed by atoms with Crippen LogP contribution in [0.3, 0.4) is 0 Å². The number of ether oxygens (including phenoxy) is 2. The van der Waals surface area contributed by atoms with Gasteiger partial charge in [-0.1, -0.05) is 0 Å². The van der Waals surface area contributed by atoms with Crippen LogP contribution in [-0.2, 0) is 16.0 Å². The maximum Gasteiger partial charge on any atom is 0.0957 e. The van der Waals surface area contributed by atoms with Gasteiger partial charge in [0.2, 0.25) is 0 Å². The second-order valence-corrected chi connectivity index (χ2v) is 5.01. The van der Waals surface area contributed by atoms with Gasteiger partial charge in [-0.25, -0.2) is 0 Å². The first-order chi connectivity index (χ1) is 8.31. The van der Waals surface area contributed by atoms with Gasteiger partial charge in [0, 0.05) is 44.4 Å². The lowest BCUT2D eigenvalue weighted by molar-refractivity contribution is -0.0962. The monoisotopic (exact) mass is 237 g/mol. The van der Waals surface area contributed by atoms with Crippen LogP contribution >= 0.6 is 0 Å². The van der Waals surface area contributed by atoms with Crippen molar-refractivity contribution < 1.29 is 9.47 Å². The van der Waals surface area contributed by atoms with Gasteiger partial charge >= 0.3 is 0 Å². The zero-order chi connectivity index (χ0) is 11.7. The summed E-state index contributed by atoms with van der Waals surface area (Å²) >= 11 is 0. The van der Waals surface area contributed by atoms with Gasteiger partial charge < -0.3 is 15.2 Å². The quantitative estimate of drug-likeness (QED) is 0.828. The van der Waals surface area contributed by atoms with Crippen LogP contribution in [0.25, 0.3) is 0 Å². The third-order valence-electron chi connectivity index (χ3n) is 3.80. The molecule has 0 saturated carbocycles. The second kappa shape index (κ2) is 4.40. The van der Waals surface area contributed by atoms with Crippen LogP contribution in [0.4, 0.5) is 0 Å². The first kappa shape index (κ1) is 11.2. The summed E-state index contributed by atoms with van der Waals surface area (Å²) in [6.07, 6.45) is 6.94. The zero-order valence-corrected chi connectivity index (χ0v) is 9.97. The fourth-order valence-corrected chi connectivity index (χ4v) is 2.77. The highest BCUT2D eigenvalue weighted by Gasteiger charge is 2.41. The number of aromatic nitrogens is 2. The van der Waals surface area contributed by atoms with E-state index >= 15 is 0 Å². The number of nitrogens with two attached hydrogens (primary N) is 1.